The number of amides is 1. The van der Waals surface area contributed by atoms with Crippen molar-refractivity contribution in [3.05, 3.63) is 41.5 Å². The van der Waals surface area contributed by atoms with E-state index in [4.69, 9.17) is 4.74 Å². The number of hydrogen-bond donors (Lipinski definition) is 0. The van der Waals surface area contributed by atoms with Crippen molar-refractivity contribution in [1.29, 1.82) is 0 Å². The largest absolute Gasteiger partial charge is 0.497 e. The molecule has 1 amide bonds. The summed E-state index contributed by atoms with van der Waals surface area (Å²) in [6, 6.07) is 9.73. The number of ether oxygens (including phenoxy) is 1. The zero-order valence-electron chi connectivity index (χ0n) is 21.0. The fraction of sp³-hybridized carbons (Fsp3) is 0.571. The normalized spacial score (nSPS) is 11.6. The zero-order chi connectivity index (χ0) is 23.8. The number of methoxy groups -OCH3 is 1. The molecule has 0 heterocycles. The molecule has 0 saturated heterocycles. The van der Waals surface area contributed by atoms with Gasteiger partial charge in [-0.3, -0.25) is 9.59 Å². The van der Waals surface area contributed by atoms with Crippen LogP contribution in [0.2, 0.25) is 0 Å². The van der Waals surface area contributed by atoms with Gasteiger partial charge in [0.05, 0.1) is 13.5 Å². The first-order valence-electron chi connectivity index (χ1n) is 12.0. The molecule has 4 nitrogen and oxygen atoms in total. The Hall–Kier alpha value is -2.36. The van der Waals surface area contributed by atoms with E-state index in [2.05, 4.69) is 41.5 Å². The highest BCUT2D eigenvalue weighted by molar-refractivity contribution is 6.02. The Labute approximate surface area is 194 Å². The molecule has 0 spiro atoms. The van der Waals surface area contributed by atoms with Gasteiger partial charge in [-0.15, -0.1) is 0 Å². The average Bonchev–Trinajstić information content (AvgIpc) is 2.72. The van der Waals surface area contributed by atoms with E-state index >= 15 is 0 Å². The quantitative estimate of drug-likeness (QED) is 0.353. The maximum atomic E-state index is 13.4. The molecule has 4 heteroatoms. The number of Topliss-reactive ketones (excluding diaryl/α,β-unsaturated/α-hetero) is 1. The predicted molar refractivity (Wildman–Crippen MR) is 133 cm³/mol. The van der Waals surface area contributed by atoms with Crippen LogP contribution in [0.5, 0.6) is 5.75 Å². The van der Waals surface area contributed by atoms with E-state index in [0.29, 0.717) is 36.2 Å². The molecule has 2 aromatic carbocycles. The Morgan fingerprint density at radius 2 is 1.50 bits per heavy atom. The lowest BCUT2D eigenvalue weighted by Gasteiger charge is -2.25. The fourth-order valence-corrected chi connectivity index (χ4v) is 3.80. The minimum absolute atomic E-state index is 0.128. The summed E-state index contributed by atoms with van der Waals surface area (Å²) in [6.07, 6.45) is 2.78. The SMILES string of the molecule is COc1ccc2cc(C(=O)CC(C)C)cc(CC(=O)N(CCC(C)C)CCC(C)C)c2c1. The van der Waals surface area contributed by atoms with Crippen LogP contribution in [0.3, 0.4) is 0 Å². The van der Waals surface area contributed by atoms with Gasteiger partial charge >= 0.3 is 0 Å². The molecule has 176 valence electrons. The highest BCUT2D eigenvalue weighted by atomic mass is 16.5. The molecule has 0 radical (unpaired) electrons. The molecule has 0 N–H and O–H groups in total. The van der Waals surface area contributed by atoms with E-state index in [-0.39, 0.29) is 11.7 Å². The Balaban J connectivity index is 2.41. The molecule has 0 aromatic heterocycles. The van der Waals surface area contributed by atoms with Gasteiger partial charge in [0.25, 0.3) is 0 Å². The van der Waals surface area contributed by atoms with Crippen LogP contribution < -0.4 is 4.74 Å². The van der Waals surface area contributed by atoms with Crippen LogP contribution in [-0.2, 0) is 11.2 Å². The van der Waals surface area contributed by atoms with Gasteiger partial charge in [0.1, 0.15) is 5.75 Å². The van der Waals surface area contributed by atoms with Crippen molar-refractivity contribution in [3.8, 4) is 5.75 Å². The van der Waals surface area contributed by atoms with Crippen molar-refractivity contribution in [1.82, 2.24) is 4.90 Å². The molecule has 32 heavy (non-hydrogen) atoms. The van der Waals surface area contributed by atoms with Crippen molar-refractivity contribution in [2.45, 2.75) is 67.2 Å². The number of benzene rings is 2. The molecule has 0 aliphatic rings. The van der Waals surface area contributed by atoms with Crippen LogP contribution in [0, 0.1) is 17.8 Å². The summed E-state index contributed by atoms with van der Waals surface area (Å²) in [6.45, 7) is 14.4. The molecular formula is C28H41NO3. The van der Waals surface area contributed by atoms with Gasteiger partial charge in [0.15, 0.2) is 5.78 Å². The minimum atomic E-state index is 0.128. The van der Waals surface area contributed by atoms with Crippen LogP contribution in [0.15, 0.2) is 30.3 Å². The summed E-state index contributed by atoms with van der Waals surface area (Å²) in [5.74, 6) is 2.40. The number of rotatable bonds is 12. The molecule has 2 aromatic rings. The molecular weight excluding hydrogens is 398 g/mol. The lowest BCUT2D eigenvalue weighted by Crippen LogP contribution is -2.35. The minimum Gasteiger partial charge on any atom is -0.497 e. The van der Waals surface area contributed by atoms with Crippen LogP contribution in [0.25, 0.3) is 10.8 Å². The second-order valence-electron chi connectivity index (χ2n) is 10.2. The summed E-state index contributed by atoms with van der Waals surface area (Å²) in [5, 5.41) is 1.95. The molecule has 0 atom stereocenters. The highest BCUT2D eigenvalue weighted by Crippen LogP contribution is 2.28. The Kier molecular flexibility index (Phi) is 9.74. The maximum absolute atomic E-state index is 13.4. The second kappa shape index (κ2) is 12.0. The van der Waals surface area contributed by atoms with Gasteiger partial charge in [0, 0.05) is 25.1 Å². The lowest BCUT2D eigenvalue weighted by atomic mass is 9.93. The van der Waals surface area contributed by atoms with E-state index in [9.17, 15) is 9.59 Å². The van der Waals surface area contributed by atoms with Crippen LogP contribution in [0.1, 0.15) is 76.7 Å². The summed E-state index contributed by atoms with van der Waals surface area (Å²) in [4.78, 5) is 28.2. The summed E-state index contributed by atoms with van der Waals surface area (Å²) in [7, 11) is 1.64. The van der Waals surface area contributed by atoms with Gasteiger partial charge in [0.2, 0.25) is 5.91 Å². The molecule has 0 aliphatic carbocycles. The van der Waals surface area contributed by atoms with Crippen LogP contribution >= 0.6 is 0 Å². The lowest BCUT2D eigenvalue weighted by molar-refractivity contribution is -0.130. The fourth-order valence-electron chi connectivity index (χ4n) is 3.80. The molecule has 0 aliphatic heterocycles. The standard InChI is InChI=1S/C28H41NO3/c1-19(2)10-12-29(13-11-20(3)4)28(31)17-23-16-24(27(30)14-21(5)6)15-22-8-9-25(32-7)18-26(22)23/h8-9,15-16,18-21H,10-14,17H2,1-7H3. The number of nitrogens with zero attached hydrogens (tertiary/aromatic N) is 1. The number of hydrogen-bond acceptors (Lipinski definition) is 3. The summed E-state index contributed by atoms with van der Waals surface area (Å²) < 4.78 is 5.43. The third-order valence-electron chi connectivity index (χ3n) is 5.81. The third kappa shape index (κ3) is 7.65. The highest BCUT2D eigenvalue weighted by Gasteiger charge is 2.19. The topological polar surface area (TPSA) is 46.6 Å². The maximum Gasteiger partial charge on any atom is 0.227 e. The average molecular weight is 440 g/mol. The van der Waals surface area contributed by atoms with Crippen molar-refractivity contribution >= 4 is 22.5 Å². The first-order chi connectivity index (χ1) is 15.1. The van der Waals surface area contributed by atoms with Crippen LogP contribution in [-0.4, -0.2) is 36.8 Å². The van der Waals surface area contributed by atoms with Crippen molar-refractivity contribution in [2.24, 2.45) is 17.8 Å². The summed E-state index contributed by atoms with van der Waals surface area (Å²) >= 11 is 0. The van der Waals surface area contributed by atoms with Gasteiger partial charge in [-0.2, -0.15) is 0 Å². The first-order valence-corrected chi connectivity index (χ1v) is 12.0. The van der Waals surface area contributed by atoms with Crippen molar-refractivity contribution in [2.75, 3.05) is 20.2 Å². The molecule has 0 bridgehead atoms. The van der Waals surface area contributed by atoms with Crippen molar-refractivity contribution < 1.29 is 14.3 Å². The number of carbonyl (C=O) groups excluding carboxylic acids is 2. The molecule has 2 rings (SSSR count). The Morgan fingerprint density at radius 1 is 0.875 bits per heavy atom. The second-order valence-corrected chi connectivity index (χ2v) is 10.2. The molecule has 0 saturated carbocycles. The molecule has 0 fully saturated rings. The van der Waals surface area contributed by atoms with E-state index in [1.54, 1.807) is 7.11 Å². The number of carbonyl (C=O) groups is 2. The Bertz CT molecular complexity index is 902. The first kappa shape index (κ1) is 25.9. The Morgan fingerprint density at radius 3 is 2.03 bits per heavy atom. The smallest absolute Gasteiger partial charge is 0.227 e. The monoisotopic (exact) mass is 439 g/mol. The number of fused-ring (bicyclic) bond motifs is 1. The summed E-state index contributed by atoms with van der Waals surface area (Å²) in [5.41, 5.74) is 1.59. The van der Waals surface area contributed by atoms with E-state index in [1.165, 1.54) is 0 Å². The van der Waals surface area contributed by atoms with E-state index < -0.39 is 0 Å². The predicted octanol–water partition coefficient (Wildman–Crippen LogP) is 6.54. The van der Waals surface area contributed by atoms with Gasteiger partial charge in [-0.05, 0) is 71.2 Å². The zero-order valence-corrected chi connectivity index (χ0v) is 21.0. The van der Waals surface area contributed by atoms with Crippen LogP contribution in [0.4, 0.5) is 0 Å². The molecule has 0 unspecified atom stereocenters. The number of ketones is 1. The van der Waals surface area contributed by atoms with Gasteiger partial charge < -0.3 is 9.64 Å². The van der Waals surface area contributed by atoms with Gasteiger partial charge in [-0.1, -0.05) is 47.6 Å². The van der Waals surface area contributed by atoms with Gasteiger partial charge in [-0.25, -0.2) is 0 Å². The third-order valence-corrected chi connectivity index (χ3v) is 5.81. The van der Waals surface area contributed by atoms with E-state index in [1.807, 2.05) is 35.2 Å². The van der Waals surface area contributed by atoms with Crippen molar-refractivity contribution in [3.63, 3.8) is 0 Å². The van der Waals surface area contributed by atoms with E-state index in [0.717, 1.165) is 48.0 Å².